The van der Waals surface area contributed by atoms with Gasteiger partial charge in [-0.05, 0) is 59.5 Å². The Morgan fingerprint density at radius 2 is 1.90 bits per heavy atom. The van der Waals surface area contributed by atoms with Crippen LogP contribution in [0.3, 0.4) is 0 Å². The lowest BCUT2D eigenvalue weighted by atomic mass is 9.87. The van der Waals surface area contributed by atoms with Gasteiger partial charge in [-0.25, -0.2) is 0 Å². The molecule has 0 bridgehead atoms. The van der Waals surface area contributed by atoms with Gasteiger partial charge in [-0.2, -0.15) is 0 Å². The lowest BCUT2D eigenvalue weighted by Crippen LogP contribution is -2.17. The van der Waals surface area contributed by atoms with Crippen LogP contribution in [0.15, 0.2) is 46.6 Å². The highest BCUT2D eigenvalue weighted by Crippen LogP contribution is 2.42. The molecule has 4 aromatic rings. The first-order valence-electron chi connectivity index (χ1n) is 9.87. The van der Waals surface area contributed by atoms with Crippen molar-refractivity contribution in [3.05, 3.63) is 63.3 Å². The zero-order chi connectivity index (χ0) is 20.7. The van der Waals surface area contributed by atoms with Crippen molar-refractivity contribution in [3.63, 3.8) is 0 Å². The van der Waals surface area contributed by atoms with Crippen LogP contribution in [0.2, 0.25) is 0 Å². The molecule has 0 spiro atoms. The van der Waals surface area contributed by atoms with E-state index in [0.717, 1.165) is 43.4 Å². The first-order valence-corrected chi connectivity index (χ1v) is 10.7. The number of hydrogen-bond donors (Lipinski definition) is 2. The zero-order valence-electron chi connectivity index (χ0n) is 17.2. The maximum atomic E-state index is 12.5. The molecule has 0 saturated heterocycles. The number of methoxy groups -OCH3 is 1. The van der Waals surface area contributed by atoms with Gasteiger partial charge in [0.25, 0.3) is 5.56 Å². The van der Waals surface area contributed by atoms with E-state index in [1.54, 1.807) is 7.11 Å². The van der Waals surface area contributed by atoms with Crippen LogP contribution in [-0.4, -0.2) is 18.6 Å². The van der Waals surface area contributed by atoms with Crippen LogP contribution in [0.1, 0.15) is 30.9 Å². The Labute approximate surface area is 174 Å². The maximum Gasteiger partial charge on any atom is 0.266 e. The molecule has 1 atom stereocenters. The van der Waals surface area contributed by atoms with Crippen molar-refractivity contribution < 1.29 is 4.74 Å². The molecular weight excluding hydrogens is 380 g/mol. The van der Waals surface area contributed by atoms with Gasteiger partial charge in [0.2, 0.25) is 0 Å². The standard InChI is InChI=1S/C24H26N2O2S/c1-13(2)18(12-25)15-5-7-16(8-6-15)20-19(28-4)11-14(3)22-21(20)17-9-10-29-23(17)24(27)26-22/h5-11,13,18H,12,25H2,1-4H3,(H,26,27). The molecule has 2 heterocycles. The molecule has 4 rings (SSSR count). The minimum atomic E-state index is -0.0419. The number of ether oxygens (including phenoxy) is 1. The summed E-state index contributed by atoms with van der Waals surface area (Å²) in [5.74, 6) is 1.62. The third kappa shape index (κ3) is 3.24. The van der Waals surface area contributed by atoms with E-state index < -0.39 is 0 Å². The monoisotopic (exact) mass is 406 g/mol. The summed E-state index contributed by atoms with van der Waals surface area (Å²) in [6.45, 7) is 7.03. The molecule has 2 aromatic heterocycles. The maximum absolute atomic E-state index is 12.5. The van der Waals surface area contributed by atoms with Gasteiger partial charge in [0.05, 0.1) is 12.6 Å². The third-order valence-corrected chi connectivity index (χ3v) is 6.69. The number of thiophene rings is 1. The number of fused-ring (bicyclic) bond motifs is 3. The molecule has 3 N–H and O–H groups in total. The lowest BCUT2D eigenvalue weighted by molar-refractivity contribution is 0.416. The second-order valence-electron chi connectivity index (χ2n) is 7.85. The summed E-state index contributed by atoms with van der Waals surface area (Å²) in [6, 6.07) is 12.6. The van der Waals surface area contributed by atoms with E-state index >= 15 is 0 Å². The van der Waals surface area contributed by atoms with Crippen LogP contribution < -0.4 is 16.0 Å². The number of aromatic nitrogens is 1. The molecule has 0 radical (unpaired) electrons. The van der Waals surface area contributed by atoms with Crippen molar-refractivity contribution in [2.45, 2.75) is 26.7 Å². The number of nitrogens with one attached hydrogen (secondary N) is 1. The van der Waals surface area contributed by atoms with Gasteiger partial charge in [0, 0.05) is 16.3 Å². The zero-order valence-corrected chi connectivity index (χ0v) is 18.0. The molecule has 150 valence electrons. The summed E-state index contributed by atoms with van der Waals surface area (Å²) < 4.78 is 6.51. The number of hydrogen-bond acceptors (Lipinski definition) is 4. The average Bonchev–Trinajstić information content (AvgIpc) is 3.20. The third-order valence-electron chi connectivity index (χ3n) is 5.77. The number of benzene rings is 2. The largest absolute Gasteiger partial charge is 0.496 e. The SMILES string of the molecule is COc1cc(C)c2[nH]c(=O)c3sccc3c2c1-c1ccc(C(CN)C(C)C)cc1. The molecule has 0 aliphatic rings. The van der Waals surface area contributed by atoms with Crippen LogP contribution in [0, 0.1) is 12.8 Å². The minimum Gasteiger partial charge on any atom is -0.496 e. The van der Waals surface area contributed by atoms with E-state index in [1.807, 2.05) is 24.4 Å². The molecular formula is C24H26N2O2S. The van der Waals surface area contributed by atoms with E-state index in [1.165, 1.54) is 16.9 Å². The van der Waals surface area contributed by atoms with Crippen molar-refractivity contribution >= 4 is 32.3 Å². The molecule has 0 aliphatic heterocycles. The van der Waals surface area contributed by atoms with Gasteiger partial charge in [-0.3, -0.25) is 4.79 Å². The molecule has 0 aliphatic carbocycles. The Morgan fingerprint density at radius 3 is 2.52 bits per heavy atom. The van der Waals surface area contributed by atoms with Crippen molar-refractivity contribution in [3.8, 4) is 16.9 Å². The van der Waals surface area contributed by atoms with E-state index in [4.69, 9.17) is 10.5 Å². The van der Waals surface area contributed by atoms with Crippen molar-refractivity contribution in [1.82, 2.24) is 4.98 Å². The molecule has 5 heteroatoms. The fourth-order valence-electron chi connectivity index (χ4n) is 4.21. The van der Waals surface area contributed by atoms with E-state index in [2.05, 4.69) is 43.1 Å². The van der Waals surface area contributed by atoms with Crippen LogP contribution in [0.25, 0.3) is 32.1 Å². The van der Waals surface area contributed by atoms with Crippen LogP contribution >= 0.6 is 11.3 Å². The van der Waals surface area contributed by atoms with E-state index in [9.17, 15) is 4.79 Å². The van der Waals surface area contributed by atoms with E-state index in [-0.39, 0.29) is 5.56 Å². The van der Waals surface area contributed by atoms with E-state index in [0.29, 0.717) is 18.4 Å². The Bertz CT molecular complexity index is 1240. The number of H-pyrrole nitrogens is 1. The molecule has 0 fully saturated rings. The van der Waals surface area contributed by atoms with Crippen LogP contribution in [0.5, 0.6) is 5.75 Å². The average molecular weight is 407 g/mol. The highest BCUT2D eigenvalue weighted by Gasteiger charge is 2.19. The summed E-state index contributed by atoms with van der Waals surface area (Å²) >= 11 is 1.47. The van der Waals surface area contributed by atoms with Crippen LogP contribution in [-0.2, 0) is 0 Å². The second kappa shape index (κ2) is 7.65. The fraction of sp³-hybridized carbons (Fsp3) is 0.292. The first-order chi connectivity index (χ1) is 14.0. The van der Waals surface area contributed by atoms with Crippen molar-refractivity contribution in [2.24, 2.45) is 11.7 Å². The Hall–Kier alpha value is -2.63. The van der Waals surface area contributed by atoms with Crippen molar-refractivity contribution in [2.75, 3.05) is 13.7 Å². The van der Waals surface area contributed by atoms with Gasteiger partial charge >= 0.3 is 0 Å². The summed E-state index contributed by atoms with van der Waals surface area (Å²) in [6.07, 6.45) is 0. The van der Waals surface area contributed by atoms with Gasteiger partial charge < -0.3 is 15.5 Å². The molecule has 0 amide bonds. The summed E-state index contributed by atoms with van der Waals surface area (Å²) in [4.78, 5) is 15.6. The van der Waals surface area contributed by atoms with Gasteiger partial charge in [-0.1, -0.05) is 38.1 Å². The number of nitrogens with two attached hydrogens (primary N) is 1. The minimum absolute atomic E-state index is 0.0419. The Balaban J connectivity index is 2.01. The molecule has 0 saturated carbocycles. The number of rotatable bonds is 5. The highest BCUT2D eigenvalue weighted by atomic mass is 32.1. The smallest absolute Gasteiger partial charge is 0.266 e. The Kier molecular flexibility index (Phi) is 5.19. The normalized spacial score (nSPS) is 12.8. The molecule has 29 heavy (non-hydrogen) atoms. The highest BCUT2D eigenvalue weighted by molar-refractivity contribution is 7.17. The molecule has 1 unspecified atom stereocenters. The van der Waals surface area contributed by atoms with Crippen LogP contribution in [0.4, 0.5) is 0 Å². The predicted octanol–water partition coefficient (Wildman–Crippen LogP) is 5.43. The lowest BCUT2D eigenvalue weighted by Gasteiger charge is -2.20. The number of pyridine rings is 1. The van der Waals surface area contributed by atoms with Gasteiger partial charge in [0.15, 0.2) is 0 Å². The Morgan fingerprint density at radius 1 is 1.17 bits per heavy atom. The summed E-state index contributed by atoms with van der Waals surface area (Å²) in [5, 5.41) is 3.97. The first kappa shape index (κ1) is 19.7. The van der Waals surface area contributed by atoms with Crippen molar-refractivity contribution in [1.29, 1.82) is 0 Å². The van der Waals surface area contributed by atoms with Gasteiger partial charge in [-0.15, -0.1) is 11.3 Å². The molecule has 4 nitrogen and oxygen atoms in total. The second-order valence-corrected chi connectivity index (χ2v) is 8.76. The molecule has 2 aromatic carbocycles. The number of aromatic amines is 1. The topological polar surface area (TPSA) is 68.1 Å². The quantitative estimate of drug-likeness (QED) is 0.465. The summed E-state index contributed by atoms with van der Waals surface area (Å²) in [7, 11) is 1.69. The number of aryl methyl sites for hydroxylation is 1. The predicted molar refractivity (Wildman–Crippen MR) is 123 cm³/mol. The summed E-state index contributed by atoms with van der Waals surface area (Å²) in [5.41, 5.74) is 11.1. The van der Waals surface area contributed by atoms with Gasteiger partial charge in [0.1, 0.15) is 10.4 Å². The fourth-order valence-corrected chi connectivity index (χ4v) is 5.00.